The number of anilines is 1. The van der Waals surface area contributed by atoms with Crippen LogP contribution in [0.3, 0.4) is 0 Å². The van der Waals surface area contributed by atoms with Gasteiger partial charge in [-0.3, -0.25) is 4.79 Å². The molecule has 6 nitrogen and oxygen atoms in total. The number of nitrogens with zero attached hydrogens (tertiary/aromatic N) is 2. The SMILES string of the molecule is COc1ccc([C@H]2CC(=O)Nc3c2cnn3Cc2ccccc2Cl)cc1O. The molecule has 2 N–H and O–H groups in total. The summed E-state index contributed by atoms with van der Waals surface area (Å²) in [5, 5.41) is 18.1. The van der Waals surface area contributed by atoms with Gasteiger partial charge in [-0.1, -0.05) is 35.9 Å². The third-order valence-corrected chi connectivity index (χ3v) is 5.14. The zero-order chi connectivity index (χ0) is 19.0. The fourth-order valence-electron chi connectivity index (χ4n) is 3.40. The number of hydrogen-bond acceptors (Lipinski definition) is 4. The van der Waals surface area contributed by atoms with Crippen LogP contribution in [0.4, 0.5) is 5.82 Å². The Bertz CT molecular complexity index is 1020. The molecule has 0 saturated heterocycles. The molecule has 138 valence electrons. The third kappa shape index (κ3) is 3.24. The maximum absolute atomic E-state index is 12.3. The lowest BCUT2D eigenvalue weighted by atomic mass is 9.87. The molecule has 1 atom stereocenters. The lowest BCUT2D eigenvalue weighted by molar-refractivity contribution is -0.116. The highest BCUT2D eigenvalue weighted by atomic mass is 35.5. The quantitative estimate of drug-likeness (QED) is 0.719. The van der Waals surface area contributed by atoms with Crippen LogP contribution in [0.15, 0.2) is 48.7 Å². The average molecular weight is 384 g/mol. The molecule has 3 aromatic rings. The Morgan fingerprint density at radius 2 is 2.15 bits per heavy atom. The maximum Gasteiger partial charge on any atom is 0.226 e. The first-order chi connectivity index (χ1) is 13.1. The highest BCUT2D eigenvalue weighted by Crippen LogP contribution is 2.40. The van der Waals surface area contributed by atoms with Gasteiger partial charge in [-0.2, -0.15) is 5.10 Å². The number of rotatable bonds is 4. The van der Waals surface area contributed by atoms with E-state index in [-0.39, 0.29) is 24.0 Å². The van der Waals surface area contributed by atoms with Crippen molar-refractivity contribution in [1.29, 1.82) is 0 Å². The zero-order valence-corrected chi connectivity index (χ0v) is 15.4. The maximum atomic E-state index is 12.3. The molecule has 1 aromatic heterocycles. The van der Waals surface area contributed by atoms with Crippen LogP contribution < -0.4 is 10.1 Å². The highest BCUT2D eigenvalue weighted by molar-refractivity contribution is 6.31. The van der Waals surface area contributed by atoms with E-state index in [0.717, 1.165) is 16.7 Å². The Balaban J connectivity index is 1.71. The summed E-state index contributed by atoms with van der Waals surface area (Å²) < 4.78 is 6.84. The van der Waals surface area contributed by atoms with E-state index < -0.39 is 0 Å². The van der Waals surface area contributed by atoms with E-state index in [9.17, 15) is 9.90 Å². The van der Waals surface area contributed by atoms with Crippen LogP contribution in [-0.2, 0) is 11.3 Å². The molecule has 0 bridgehead atoms. The molecule has 0 unspecified atom stereocenters. The minimum absolute atomic E-state index is 0.0472. The number of carbonyl (C=O) groups is 1. The lowest BCUT2D eigenvalue weighted by Crippen LogP contribution is -2.25. The lowest BCUT2D eigenvalue weighted by Gasteiger charge is -2.24. The molecule has 4 rings (SSSR count). The number of aromatic hydroxyl groups is 1. The van der Waals surface area contributed by atoms with Crippen molar-refractivity contribution in [3.8, 4) is 11.5 Å². The van der Waals surface area contributed by atoms with Gasteiger partial charge in [0.25, 0.3) is 0 Å². The summed E-state index contributed by atoms with van der Waals surface area (Å²) in [7, 11) is 1.50. The number of nitrogens with one attached hydrogen (secondary N) is 1. The summed E-state index contributed by atoms with van der Waals surface area (Å²) in [6.07, 6.45) is 2.05. The van der Waals surface area contributed by atoms with Gasteiger partial charge in [0.05, 0.1) is 19.9 Å². The first-order valence-electron chi connectivity index (χ1n) is 8.52. The molecule has 0 saturated carbocycles. The number of aromatic nitrogens is 2. The summed E-state index contributed by atoms with van der Waals surface area (Å²) in [4.78, 5) is 12.3. The van der Waals surface area contributed by atoms with Crippen molar-refractivity contribution in [3.63, 3.8) is 0 Å². The molecule has 0 spiro atoms. The molecule has 0 radical (unpaired) electrons. The molecule has 2 aromatic carbocycles. The van der Waals surface area contributed by atoms with Gasteiger partial charge in [-0.05, 0) is 29.3 Å². The minimum Gasteiger partial charge on any atom is -0.504 e. The van der Waals surface area contributed by atoms with Gasteiger partial charge >= 0.3 is 0 Å². The fraction of sp³-hybridized carbons (Fsp3) is 0.200. The molecule has 7 heteroatoms. The minimum atomic E-state index is -0.189. The number of hydrogen-bond donors (Lipinski definition) is 2. The number of carbonyl (C=O) groups excluding carboxylic acids is 1. The van der Waals surface area contributed by atoms with Gasteiger partial charge in [-0.25, -0.2) is 4.68 Å². The summed E-state index contributed by atoms with van der Waals surface area (Å²) in [6, 6.07) is 12.7. The van der Waals surface area contributed by atoms with Gasteiger partial charge in [0.2, 0.25) is 5.91 Å². The Morgan fingerprint density at radius 3 is 2.89 bits per heavy atom. The third-order valence-electron chi connectivity index (χ3n) is 4.77. The molecule has 27 heavy (non-hydrogen) atoms. The van der Waals surface area contributed by atoms with Gasteiger partial charge in [0.15, 0.2) is 11.5 Å². The number of methoxy groups -OCH3 is 1. The molecule has 1 aliphatic heterocycles. The van der Waals surface area contributed by atoms with Crippen molar-refractivity contribution in [3.05, 3.63) is 70.4 Å². The molecule has 2 heterocycles. The van der Waals surface area contributed by atoms with Crippen LogP contribution in [0.2, 0.25) is 5.02 Å². The topological polar surface area (TPSA) is 76.4 Å². The second kappa shape index (κ2) is 6.96. The van der Waals surface area contributed by atoms with Crippen LogP contribution in [0.25, 0.3) is 0 Å². The number of phenols is 1. The monoisotopic (exact) mass is 383 g/mol. The van der Waals surface area contributed by atoms with E-state index in [4.69, 9.17) is 16.3 Å². The van der Waals surface area contributed by atoms with Crippen LogP contribution in [0, 0.1) is 0 Å². The van der Waals surface area contributed by atoms with Crippen LogP contribution >= 0.6 is 11.6 Å². The van der Waals surface area contributed by atoms with Gasteiger partial charge in [-0.15, -0.1) is 0 Å². The number of halogens is 1. The Kier molecular flexibility index (Phi) is 4.49. The van der Waals surface area contributed by atoms with E-state index in [0.29, 0.717) is 23.1 Å². The number of benzene rings is 2. The van der Waals surface area contributed by atoms with Crippen molar-refractivity contribution >= 4 is 23.3 Å². The first kappa shape index (κ1) is 17.4. The van der Waals surface area contributed by atoms with E-state index in [1.54, 1.807) is 23.0 Å². The molecule has 0 fully saturated rings. The standard InChI is InChI=1S/C20H18ClN3O3/c1-27-18-7-6-12(8-17(18)25)14-9-19(26)23-20-15(14)10-22-24(20)11-13-4-2-3-5-16(13)21/h2-8,10,14,25H,9,11H2,1H3,(H,23,26)/t14-/m1/s1. The predicted octanol–water partition coefficient (Wildman–Crippen LogP) is 3.77. The summed E-state index contributed by atoms with van der Waals surface area (Å²) in [5.41, 5.74) is 2.66. The smallest absolute Gasteiger partial charge is 0.226 e. The number of ether oxygens (including phenoxy) is 1. The van der Waals surface area contributed by atoms with Crippen molar-refractivity contribution in [2.75, 3.05) is 12.4 Å². The number of fused-ring (bicyclic) bond motifs is 1. The number of phenolic OH excluding ortho intramolecular Hbond substituents is 1. The van der Waals surface area contributed by atoms with Crippen LogP contribution in [-0.4, -0.2) is 27.9 Å². The largest absolute Gasteiger partial charge is 0.504 e. The highest BCUT2D eigenvalue weighted by Gasteiger charge is 2.30. The molecular weight excluding hydrogens is 366 g/mol. The van der Waals surface area contributed by atoms with Gasteiger partial charge < -0.3 is 15.2 Å². The van der Waals surface area contributed by atoms with Crippen molar-refractivity contribution in [1.82, 2.24) is 9.78 Å². The van der Waals surface area contributed by atoms with Crippen LogP contribution in [0.5, 0.6) is 11.5 Å². The molecule has 1 amide bonds. The molecule has 0 aliphatic carbocycles. The Labute approximate surface area is 161 Å². The molecule has 1 aliphatic rings. The zero-order valence-electron chi connectivity index (χ0n) is 14.6. The Hall–Kier alpha value is -2.99. The molecular formula is C20H18ClN3O3. The van der Waals surface area contributed by atoms with Crippen LogP contribution in [0.1, 0.15) is 29.0 Å². The van der Waals surface area contributed by atoms with Crippen molar-refractivity contribution < 1.29 is 14.6 Å². The van der Waals surface area contributed by atoms with Crippen molar-refractivity contribution in [2.24, 2.45) is 0 Å². The van der Waals surface area contributed by atoms with Crippen molar-refractivity contribution in [2.45, 2.75) is 18.9 Å². The van der Waals surface area contributed by atoms with Gasteiger partial charge in [0, 0.05) is 22.9 Å². The van der Waals surface area contributed by atoms with E-state index in [1.165, 1.54) is 7.11 Å². The summed E-state index contributed by atoms with van der Waals surface area (Å²) >= 11 is 6.26. The summed E-state index contributed by atoms with van der Waals surface area (Å²) in [5.74, 6) is 0.820. The first-order valence-corrected chi connectivity index (χ1v) is 8.90. The summed E-state index contributed by atoms with van der Waals surface area (Å²) in [6.45, 7) is 0.454. The average Bonchev–Trinajstić information content (AvgIpc) is 3.05. The normalized spacial score (nSPS) is 15.9. The second-order valence-corrected chi connectivity index (χ2v) is 6.84. The van der Waals surface area contributed by atoms with E-state index >= 15 is 0 Å². The van der Waals surface area contributed by atoms with Gasteiger partial charge in [0.1, 0.15) is 5.82 Å². The fourth-order valence-corrected chi connectivity index (χ4v) is 3.59. The van der Waals surface area contributed by atoms with E-state index in [1.807, 2.05) is 30.3 Å². The van der Waals surface area contributed by atoms with E-state index in [2.05, 4.69) is 10.4 Å². The second-order valence-electron chi connectivity index (χ2n) is 6.43. The number of amides is 1. The Morgan fingerprint density at radius 1 is 1.33 bits per heavy atom. The predicted molar refractivity (Wildman–Crippen MR) is 103 cm³/mol.